The minimum Gasteiger partial charge on any atom is -0.206 e. The second-order valence-electron chi connectivity index (χ2n) is 6.00. The molecule has 3 nitrogen and oxygen atoms in total. The molecule has 1 aromatic carbocycles. The maximum Gasteiger partial charge on any atom is 0.427 e. The maximum absolute atomic E-state index is 13.4. The van der Waals surface area contributed by atoms with E-state index in [1.165, 1.54) is 16.7 Å². The van der Waals surface area contributed by atoms with Gasteiger partial charge in [0.15, 0.2) is 4.90 Å². The molecular weight excluding hydrogens is 428 g/mol. The Balaban J connectivity index is 0.000000678. The summed E-state index contributed by atoms with van der Waals surface area (Å²) < 4.78 is 101. The molecule has 11 heteroatoms. The SMILES string of the molecule is C.CC(F)(F)C(F)(F)C(F)(F)S(=O)(=O)N1CCCCC1.C[SH+]c1ccccc1. The zero-order valence-electron chi connectivity index (χ0n) is 14.8. The molecule has 0 radical (unpaired) electrons. The molecule has 1 saturated heterocycles. The molecule has 0 aromatic heterocycles. The van der Waals surface area contributed by atoms with Crippen LogP contribution in [0.4, 0.5) is 26.3 Å². The number of halogens is 6. The normalized spacial score (nSPS) is 16.6. The first-order chi connectivity index (χ1) is 12.3. The van der Waals surface area contributed by atoms with Crippen LogP contribution in [0.15, 0.2) is 35.2 Å². The van der Waals surface area contributed by atoms with Gasteiger partial charge in [-0.15, -0.1) is 0 Å². The molecule has 0 aliphatic carbocycles. The molecule has 0 bridgehead atoms. The smallest absolute Gasteiger partial charge is 0.206 e. The van der Waals surface area contributed by atoms with Crippen molar-refractivity contribution in [1.29, 1.82) is 0 Å². The standard InChI is InChI=1S/C9H13F6NO2S.C7H8S.CH4/c1-7(10,11)8(12,13)9(14,15)19(17,18)16-5-3-2-4-6-16;1-8-7-5-3-2-4-6-7;/h2-6H2,1H3;2-6H,1H3;1H4/p+1. The highest BCUT2D eigenvalue weighted by molar-refractivity contribution is 7.90. The van der Waals surface area contributed by atoms with Gasteiger partial charge in [0.25, 0.3) is 10.0 Å². The second-order valence-corrected chi connectivity index (χ2v) is 8.95. The van der Waals surface area contributed by atoms with Crippen LogP contribution < -0.4 is 0 Å². The van der Waals surface area contributed by atoms with Crippen molar-refractivity contribution >= 4 is 21.8 Å². The van der Waals surface area contributed by atoms with E-state index < -0.39 is 34.0 Å². The molecule has 1 aliphatic heterocycles. The first-order valence-electron chi connectivity index (χ1n) is 8.07. The molecule has 1 fully saturated rings. The lowest BCUT2D eigenvalue weighted by molar-refractivity contribution is -0.272. The highest BCUT2D eigenvalue weighted by Gasteiger charge is 2.76. The topological polar surface area (TPSA) is 37.4 Å². The first kappa shape index (κ1) is 27.1. The number of alkyl halides is 6. The van der Waals surface area contributed by atoms with Gasteiger partial charge in [-0.05, 0) is 25.0 Å². The average molecular weight is 455 g/mol. The number of benzene rings is 1. The second kappa shape index (κ2) is 10.2. The third kappa shape index (κ3) is 5.79. The Morgan fingerprint density at radius 1 is 0.929 bits per heavy atom. The van der Waals surface area contributed by atoms with Crippen LogP contribution in [0.3, 0.4) is 0 Å². The molecule has 0 N–H and O–H groups in total. The van der Waals surface area contributed by atoms with Gasteiger partial charge in [-0.2, -0.15) is 30.6 Å². The van der Waals surface area contributed by atoms with Crippen molar-refractivity contribution < 1.29 is 34.8 Å². The Morgan fingerprint density at radius 2 is 1.39 bits per heavy atom. The van der Waals surface area contributed by atoms with Crippen LogP contribution >= 0.6 is 0 Å². The Kier molecular flexibility index (Phi) is 9.86. The molecule has 164 valence electrons. The lowest BCUT2D eigenvalue weighted by atomic mass is 10.2. The molecule has 0 saturated carbocycles. The van der Waals surface area contributed by atoms with Crippen LogP contribution in [0, 0.1) is 0 Å². The number of piperidine rings is 1. The van der Waals surface area contributed by atoms with Gasteiger partial charge in [0.05, 0.1) is 0 Å². The summed E-state index contributed by atoms with van der Waals surface area (Å²) in [5.74, 6) is -11.1. The molecule has 2 rings (SSSR count). The van der Waals surface area contributed by atoms with Gasteiger partial charge in [-0.3, -0.25) is 0 Å². The number of thiol groups is 1. The summed E-state index contributed by atoms with van der Waals surface area (Å²) in [7, 11) is -5.83. The van der Waals surface area contributed by atoms with E-state index in [0.29, 0.717) is 6.42 Å². The van der Waals surface area contributed by atoms with Crippen LogP contribution in [0.25, 0.3) is 0 Å². The summed E-state index contributed by atoms with van der Waals surface area (Å²) in [6.07, 6.45) is 3.15. The van der Waals surface area contributed by atoms with E-state index in [1.807, 2.05) is 6.07 Å². The van der Waals surface area contributed by atoms with Gasteiger partial charge in [0.1, 0.15) is 6.26 Å². The summed E-state index contributed by atoms with van der Waals surface area (Å²) in [5, 5.41) is -5.85. The first-order valence-corrected chi connectivity index (χ1v) is 10.8. The highest BCUT2D eigenvalue weighted by atomic mass is 32.2. The van der Waals surface area contributed by atoms with Crippen LogP contribution in [0.2, 0.25) is 0 Å². The Hall–Kier alpha value is -0.940. The number of hydrogen-bond donors (Lipinski definition) is 0. The molecular formula is C17H26F6NO2S2+. The summed E-state index contributed by atoms with van der Waals surface area (Å²) in [5.41, 5.74) is 0. The summed E-state index contributed by atoms with van der Waals surface area (Å²) >= 11 is 1.35. The largest absolute Gasteiger partial charge is 0.427 e. The van der Waals surface area contributed by atoms with E-state index >= 15 is 0 Å². The van der Waals surface area contributed by atoms with Crippen LogP contribution in [-0.2, 0) is 21.8 Å². The van der Waals surface area contributed by atoms with E-state index in [0.717, 1.165) is 0 Å². The zero-order valence-corrected chi connectivity index (χ0v) is 16.5. The molecule has 28 heavy (non-hydrogen) atoms. The van der Waals surface area contributed by atoms with Gasteiger partial charge >= 0.3 is 17.1 Å². The van der Waals surface area contributed by atoms with Crippen molar-refractivity contribution in [3.63, 3.8) is 0 Å². The number of rotatable bonds is 5. The third-order valence-corrected chi connectivity index (χ3v) is 6.67. The average Bonchev–Trinajstić information content (AvgIpc) is 2.62. The quantitative estimate of drug-likeness (QED) is 0.364. The fourth-order valence-corrected chi connectivity index (χ4v) is 4.30. The van der Waals surface area contributed by atoms with Crippen LogP contribution in [-0.4, -0.2) is 49.2 Å². The van der Waals surface area contributed by atoms with Crippen LogP contribution in [0.1, 0.15) is 33.6 Å². The van der Waals surface area contributed by atoms with Gasteiger partial charge < -0.3 is 0 Å². The summed E-state index contributed by atoms with van der Waals surface area (Å²) in [6.45, 7) is -1.18. The van der Waals surface area contributed by atoms with Gasteiger partial charge in [0.2, 0.25) is 0 Å². The molecule has 1 aliphatic rings. The van der Waals surface area contributed by atoms with Crippen molar-refractivity contribution in [1.82, 2.24) is 4.31 Å². The van der Waals surface area contributed by atoms with Gasteiger partial charge in [-0.1, -0.05) is 32.0 Å². The predicted octanol–water partition coefficient (Wildman–Crippen LogP) is 4.81. The van der Waals surface area contributed by atoms with E-state index in [2.05, 4.69) is 30.5 Å². The summed E-state index contributed by atoms with van der Waals surface area (Å²) in [6, 6.07) is 10.4. The highest BCUT2D eigenvalue weighted by Crippen LogP contribution is 2.49. The van der Waals surface area contributed by atoms with Crippen molar-refractivity contribution in [3.05, 3.63) is 30.3 Å². The molecule has 0 amide bonds. The third-order valence-electron chi connectivity index (χ3n) is 3.91. The van der Waals surface area contributed by atoms with E-state index in [-0.39, 0.29) is 37.7 Å². The predicted molar refractivity (Wildman–Crippen MR) is 101 cm³/mol. The zero-order chi connectivity index (χ0) is 20.9. The van der Waals surface area contributed by atoms with E-state index in [9.17, 15) is 34.8 Å². The molecule has 0 unspecified atom stereocenters. The Labute approximate surface area is 166 Å². The molecule has 0 spiro atoms. The number of sulfonamides is 1. The maximum atomic E-state index is 13.4. The van der Waals surface area contributed by atoms with Crippen LogP contribution in [0.5, 0.6) is 0 Å². The molecule has 0 atom stereocenters. The monoisotopic (exact) mass is 454 g/mol. The lowest BCUT2D eigenvalue weighted by Gasteiger charge is -2.35. The Bertz CT molecular complexity index is 687. The van der Waals surface area contributed by atoms with Crippen molar-refractivity contribution in [2.24, 2.45) is 0 Å². The minimum absolute atomic E-state index is 0. The molecule has 1 aromatic rings. The van der Waals surface area contributed by atoms with Crippen molar-refractivity contribution in [2.75, 3.05) is 19.3 Å². The fraction of sp³-hybridized carbons (Fsp3) is 0.647. The fourth-order valence-electron chi connectivity index (χ4n) is 2.26. The minimum atomic E-state index is -5.98. The van der Waals surface area contributed by atoms with Gasteiger partial charge in [-0.25, -0.2) is 8.42 Å². The number of nitrogens with zero attached hydrogens (tertiary/aromatic N) is 1. The van der Waals surface area contributed by atoms with E-state index in [4.69, 9.17) is 0 Å². The Morgan fingerprint density at radius 3 is 1.75 bits per heavy atom. The molecule has 1 heterocycles. The van der Waals surface area contributed by atoms with E-state index in [1.54, 1.807) is 0 Å². The summed E-state index contributed by atoms with van der Waals surface area (Å²) in [4.78, 5) is 1.38. The lowest BCUT2D eigenvalue weighted by Crippen LogP contribution is -2.60. The van der Waals surface area contributed by atoms with Crippen molar-refractivity contribution in [3.8, 4) is 0 Å². The number of hydrogen-bond acceptors (Lipinski definition) is 2. The van der Waals surface area contributed by atoms with Crippen molar-refractivity contribution in [2.45, 2.75) is 55.6 Å². The van der Waals surface area contributed by atoms with Gasteiger partial charge in [0, 0.05) is 31.8 Å².